The summed E-state index contributed by atoms with van der Waals surface area (Å²) in [5.74, 6) is 0. The number of nitrogens with one attached hydrogen (secondary N) is 1. The van der Waals surface area contributed by atoms with Crippen molar-refractivity contribution in [1.82, 2.24) is 4.72 Å². The average Bonchev–Trinajstić information content (AvgIpc) is 2.44. The van der Waals surface area contributed by atoms with Crippen molar-refractivity contribution in [3.63, 3.8) is 0 Å². The van der Waals surface area contributed by atoms with Crippen molar-refractivity contribution in [2.24, 2.45) is 5.73 Å². The molecular weight excluding hydrogens is 280 g/mol. The molecule has 7 heteroatoms. The van der Waals surface area contributed by atoms with Crippen LogP contribution in [0.15, 0.2) is 11.0 Å². The van der Waals surface area contributed by atoms with Gasteiger partial charge in [0, 0.05) is 21.8 Å². The monoisotopic (exact) mass is 298 g/mol. The SMILES string of the molecule is Cc1cc(S(=O)(=O)NC(C)(C)CN)c(C)s1.Cl. The van der Waals surface area contributed by atoms with Crippen molar-refractivity contribution in [1.29, 1.82) is 0 Å². The van der Waals surface area contributed by atoms with Gasteiger partial charge in [-0.15, -0.1) is 23.7 Å². The molecule has 0 aromatic carbocycles. The Labute approximate surface area is 113 Å². The van der Waals surface area contributed by atoms with Crippen molar-refractivity contribution in [2.45, 2.75) is 38.1 Å². The minimum atomic E-state index is -3.46. The molecule has 0 unspecified atom stereocenters. The molecule has 0 fully saturated rings. The Morgan fingerprint density at radius 2 is 1.94 bits per heavy atom. The minimum Gasteiger partial charge on any atom is -0.329 e. The van der Waals surface area contributed by atoms with Gasteiger partial charge in [0.05, 0.1) is 4.90 Å². The molecule has 0 spiro atoms. The van der Waals surface area contributed by atoms with Crippen LogP contribution in [-0.4, -0.2) is 20.5 Å². The Kier molecular flexibility index (Phi) is 5.62. The molecule has 17 heavy (non-hydrogen) atoms. The topological polar surface area (TPSA) is 72.2 Å². The predicted octanol–water partition coefficient (Wildman–Crippen LogP) is 1.80. The van der Waals surface area contributed by atoms with Crippen LogP contribution >= 0.6 is 23.7 Å². The van der Waals surface area contributed by atoms with E-state index < -0.39 is 15.6 Å². The lowest BCUT2D eigenvalue weighted by molar-refractivity contribution is 0.462. The Morgan fingerprint density at radius 3 is 2.29 bits per heavy atom. The van der Waals surface area contributed by atoms with Crippen LogP contribution in [0.4, 0.5) is 0 Å². The summed E-state index contributed by atoms with van der Waals surface area (Å²) in [5.41, 5.74) is 4.89. The van der Waals surface area contributed by atoms with Crippen LogP contribution in [0.1, 0.15) is 23.6 Å². The highest BCUT2D eigenvalue weighted by Gasteiger charge is 2.26. The first kappa shape index (κ1) is 16.9. The molecule has 0 saturated carbocycles. The largest absolute Gasteiger partial charge is 0.329 e. The van der Waals surface area contributed by atoms with Gasteiger partial charge in [-0.2, -0.15) is 0 Å². The molecule has 0 radical (unpaired) electrons. The van der Waals surface area contributed by atoms with E-state index in [1.54, 1.807) is 19.9 Å². The molecule has 100 valence electrons. The predicted molar refractivity (Wildman–Crippen MR) is 74.5 cm³/mol. The lowest BCUT2D eigenvalue weighted by Crippen LogP contribution is -2.48. The highest BCUT2D eigenvalue weighted by atomic mass is 35.5. The van der Waals surface area contributed by atoms with Crippen molar-refractivity contribution in [3.8, 4) is 0 Å². The summed E-state index contributed by atoms with van der Waals surface area (Å²) in [6.07, 6.45) is 0. The summed E-state index contributed by atoms with van der Waals surface area (Å²) in [6.45, 7) is 7.49. The van der Waals surface area contributed by atoms with Gasteiger partial charge in [0.25, 0.3) is 0 Å². The lowest BCUT2D eigenvalue weighted by atomic mass is 10.1. The molecule has 4 nitrogen and oxygen atoms in total. The van der Waals surface area contributed by atoms with Gasteiger partial charge in [-0.1, -0.05) is 0 Å². The standard InChI is InChI=1S/C10H18N2O2S2.ClH/c1-7-5-9(8(2)15-7)16(13,14)12-10(3,4)6-11;/h5,12H,6,11H2,1-4H3;1H. The van der Waals surface area contributed by atoms with Crippen LogP contribution in [0.25, 0.3) is 0 Å². The second kappa shape index (κ2) is 5.67. The Hall–Kier alpha value is -0.140. The zero-order valence-electron chi connectivity index (χ0n) is 10.4. The summed E-state index contributed by atoms with van der Waals surface area (Å²) >= 11 is 1.48. The molecule has 3 N–H and O–H groups in total. The zero-order valence-corrected chi connectivity index (χ0v) is 12.9. The number of rotatable bonds is 4. The average molecular weight is 299 g/mol. The third-order valence-electron chi connectivity index (χ3n) is 2.21. The Bertz CT molecular complexity index is 480. The van der Waals surface area contributed by atoms with Crippen LogP contribution in [0.2, 0.25) is 0 Å². The molecule has 0 amide bonds. The zero-order chi connectivity index (χ0) is 12.6. The third-order valence-corrected chi connectivity index (χ3v) is 5.13. The van der Waals surface area contributed by atoms with E-state index in [4.69, 9.17) is 5.73 Å². The van der Waals surface area contributed by atoms with E-state index in [1.165, 1.54) is 11.3 Å². The Morgan fingerprint density at radius 1 is 1.41 bits per heavy atom. The van der Waals surface area contributed by atoms with Crippen molar-refractivity contribution < 1.29 is 8.42 Å². The quantitative estimate of drug-likeness (QED) is 0.890. The molecule has 0 bridgehead atoms. The summed E-state index contributed by atoms with van der Waals surface area (Å²) in [4.78, 5) is 2.15. The lowest BCUT2D eigenvalue weighted by Gasteiger charge is -2.23. The smallest absolute Gasteiger partial charge is 0.242 e. The second-order valence-corrected chi connectivity index (χ2v) is 7.58. The van der Waals surface area contributed by atoms with Crippen LogP contribution < -0.4 is 10.5 Å². The van der Waals surface area contributed by atoms with Crippen molar-refractivity contribution in [3.05, 3.63) is 15.8 Å². The summed E-state index contributed by atoms with van der Waals surface area (Å²) < 4.78 is 26.8. The third kappa shape index (κ3) is 4.22. The van der Waals surface area contributed by atoms with Gasteiger partial charge >= 0.3 is 0 Å². The van der Waals surface area contributed by atoms with Crippen LogP contribution in [-0.2, 0) is 10.0 Å². The number of sulfonamides is 1. The molecule has 1 heterocycles. The number of halogens is 1. The molecule has 0 aliphatic rings. The fourth-order valence-electron chi connectivity index (χ4n) is 1.33. The van der Waals surface area contributed by atoms with Gasteiger partial charge in [0.15, 0.2) is 0 Å². The summed E-state index contributed by atoms with van der Waals surface area (Å²) in [5, 5.41) is 0. The van der Waals surface area contributed by atoms with E-state index >= 15 is 0 Å². The number of hydrogen-bond donors (Lipinski definition) is 2. The normalized spacial score (nSPS) is 12.3. The van der Waals surface area contributed by atoms with Crippen LogP contribution in [0, 0.1) is 13.8 Å². The van der Waals surface area contributed by atoms with Crippen molar-refractivity contribution >= 4 is 33.8 Å². The first-order chi connectivity index (χ1) is 7.18. The van der Waals surface area contributed by atoms with Crippen LogP contribution in [0.5, 0.6) is 0 Å². The van der Waals surface area contributed by atoms with Gasteiger partial charge in [0.1, 0.15) is 0 Å². The first-order valence-electron chi connectivity index (χ1n) is 4.99. The van der Waals surface area contributed by atoms with Gasteiger partial charge in [-0.3, -0.25) is 0 Å². The fraction of sp³-hybridized carbons (Fsp3) is 0.600. The minimum absolute atomic E-state index is 0. The molecule has 0 atom stereocenters. The number of nitrogens with two attached hydrogens (primary N) is 1. The highest BCUT2D eigenvalue weighted by molar-refractivity contribution is 7.89. The van der Waals surface area contributed by atoms with Gasteiger partial charge in [-0.25, -0.2) is 13.1 Å². The van der Waals surface area contributed by atoms with E-state index in [0.717, 1.165) is 9.75 Å². The number of aryl methyl sites for hydroxylation is 2. The summed E-state index contributed by atoms with van der Waals surface area (Å²) in [6, 6.07) is 1.69. The molecule has 0 aliphatic heterocycles. The molecule has 0 saturated heterocycles. The van der Waals surface area contributed by atoms with E-state index in [9.17, 15) is 8.42 Å². The van der Waals surface area contributed by atoms with Gasteiger partial charge < -0.3 is 5.73 Å². The summed E-state index contributed by atoms with van der Waals surface area (Å²) in [7, 11) is -3.46. The molecular formula is C10H19ClN2O2S2. The first-order valence-corrected chi connectivity index (χ1v) is 7.29. The Balaban J connectivity index is 0.00000256. The second-order valence-electron chi connectivity index (χ2n) is 4.47. The molecule has 1 rings (SSSR count). The maximum absolute atomic E-state index is 12.1. The molecule has 1 aromatic rings. The van der Waals surface area contributed by atoms with E-state index in [0.29, 0.717) is 4.90 Å². The van der Waals surface area contributed by atoms with Gasteiger partial charge in [0.2, 0.25) is 10.0 Å². The maximum atomic E-state index is 12.1. The fourth-order valence-corrected chi connectivity index (χ4v) is 4.31. The molecule has 0 aliphatic carbocycles. The van der Waals surface area contributed by atoms with E-state index in [-0.39, 0.29) is 19.0 Å². The maximum Gasteiger partial charge on any atom is 0.242 e. The number of hydrogen-bond acceptors (Lipinski definition) is 4. The highest BCUT2D eigenvalue weighted by Crippen LogP contribution is 2.25. The number of thiophene rings is 1. The molecule has 1 aromatic heterocycles. The van der Waals surface area contributed by atoms with Crippen molar-refractivity contribution in [2.75, 3.05) is 6.54 Å². The van der Waals surface area contributed by atoms with Crippen LogP contribution in [0.3, 0.4) is 0 Å². The van der Waals surface area contributed by atoms with E-state index in [2.05, 4.69) is 4.72 Å². The van der Waals surface area contributed by atoms with Gasteiger partial charge in [-0.05, 0) is 33.8 Å². The van der Waals surface area contributed by atoms with E-state index in [1.807, 2.05) is 13.8 Å².